The van der Waals surface area contributed by atoms with Crippen molar-refractivity contribution in [3.05, 3.63) is 95.0 Å². The molecule has 3 aromatic rings. The highest BCUT2D eigenvalue weighted by Gasteiger charge is 2.24. The van der Waals surface area contributed by atoms with E-state index in [4.69, 9.17) is 16.6 Å². The van der Waals surface area contributed by atoms with Gasteiger partial charge in [-0.25, -0.2) is 13.9 Å². The van der Waals surface area contributed by atoms with Crippen molar-refractivity contribution < 1.29 is 9.23 Å². The quantitative estimate of drug-likeness (QED) is 0.502. The van der Waals surface area contributed by atoms with E-state index >= 15 is 0 Å². The number of anilines is 1. The molecule has 0 saturated carbocycles. The maximum atomic E-state index is 14.7. The average Bonchev–Trinajstić information content (AvgIpc) is 2.71. The second-order valence-electron chi connectivity index (χ2n) is 5.84. The number of halogens is 2. The number of hydrogen-bond acceptors (Lipinski definition) is 5. The molecule has 4 rings (SSSR count). The van der Waals surface area contributed by atoms with Crippen LogP contribution in [0.2, 0.25) is 0 Å². The number of fused-ring (bicyclic) bond motifs is 1. The standard InChI is InChI=1S/C20H16ClFN4O/c21-25-14-24-18-11-6-10-17(22)19(18)20(25)26(16-8-2-1-3-9-16)27-13-15-7-4-5-12-23-15/h1-12H,13-14H2. The van der Waals surface area contributed by atoms with Gasteiger partial charge in [0.05, 0.1) is 22.0 Å². The fourth-order valence-electron chi connectivity index (χ4n) is 2.83. The summed E-state index contributed by atoms with van der Waals surface area (Å²) in [5.41, 5.74) is 1.46. The Morgan fingerprint density at radius 3 is 2.63 bits per heavy atom. The van der Waals surface area contributed by atoms with Crippen molar-refractivity contribution in [1.82, 2.24) is 9.40 Å². The third-order valence-corrected chi connectivity index (χ3v) is 4.33. The van der Waals surface area contributed by atoms with Crippen LogP contribution < -0.4 is 15.6 Å². The minimum absolute atomic E-state index is 0.184. The molecule has 0 spiro atoms. The molecular formula is C20H16ClFN4O. The van der Waals surface area contributed by atoms with Crippen LogP contribution in [0.25, 0.3) is 5.82 Å². The van der Waals surface area contributed by atoms with Crippen LogP contribution in [0.15, 0.2) is 77.9 Å². The molecule has 0 N–H and O–H groups in total. The summed E-state index contributed by atoms with van der Waals surface area (Å²) in [6.07, 6.45) is 1.70. The summed E-state index contributed by atoms with van der Waals surface area (Å²) < 4.78 is 16.0. The van der Waals surface area contributed by atoms with E-state index in [0.717, 1.165) is 5.69 Å². The number of hydrogen-bond donors (Lipinski definition) is 0. The van der Waals surface area contributed by atoms with Crippen LogP contribution in [0.1, 0.15) is 5.69 Å². The first-order valence-electron chi connectivity index (χ1n) is 8.38. The molecule has 1 aliphatic rings. The Balaban J connectivity index is 1.84. The Kier molecular flexibility index (Phi) is 5.00. The van der Waals surface area contributed by atoms with Crippen LogP contribution in [0.3, 0.4) is 0 Å². The summed E-state index contributed by atoms with van der Waals surface area (Å²) in [6.45, 7) is 0.383. The Labute approximate surface area is 160 Å². The van der Waals surface area contributed by atoms with Gasteiger partial charge in [0.15, 0.2) is 5.82 Å². The zero-order valence-electron chi connectivity index (χ0n) is 14.3. The van der Waals surface area contributed by atoms with Gasteiger partial charge >= 0.3 is 0 Å². The zero-order chi connectivity index (χ0) is 18.6. The first kappa shape index (κ1) is 17.5. The van der Waals surface area contributed by atoms with Crippen LogP contribution in [-0.4, -0.2) is 16.1 Å². The van der Waals surface area contributed by atoms with Crippen LogP contribution >= 0.6 is 11.8 Å². The topological polar surface area (TPSA) is 41.0 Å². The molecule has 27 heavy (non-hydrogen) atoms. The van der Waals surface area contributed by atoms with Crippen LogP contribution in [-0.2, 0) is 11.4 Å². The molecule has 0 unspecified atom stereocenters. The van der Waals surface area contributed by atoms with Gasteiger partial charge in [0.25, 0.3) is 0 Å². The van der Waals surface area contributed by atoms with Gasteiger partial charge in [0.2, 0.25) is 0 Å². The van der Waals surface area contributed by atoms with E-state index in [1.165, 1.54) is 15.5 Å². The van der Waals surface area contributed by atoms with Crippen LogP contribution in [0.4, 0.5) is 10.1 Å². The lowest BCUT2D eigenvalue weighted by Crippen LogP contribution is -2.45. The molecule has 1 aliphatic heterocycles. The highest BCUT2D eigenvalue weighted by Crippen LogP contribution is 2.25. The molecule has 2 heterocycles. The molecule has 0 bridgehead atoms. The molecule has 7 heteroatoms. The van der Waals surface area contributed by atoms with Gasteiger partial charge in [-0.1, -0.05) is 30.3 Å². The van der Waals surface area contributed by atoms with Gasteiger partial charge in [-0.3, -0.25) is 14.8 Å². The molecule has 136 valence electrons. The first-order valence-corrected chi connectivity index (χ1v) is 8.72. The summed E-state index contributed by atoms with van der Waals surface area (Å²) in [4.78, 5) is 14.6. The maximum Gasteiger partial charge on any atom is 0.163 e. The van der Waals surface area contributed by atoms with Crippen LogP contribution in [0.5, 0.6) is 0 Å². The molecular weight excluding hydrogens is 367 g/mol. The fourth-order valence-corrected chi connectivity index (χ4v) is 3.03. The van der Waals surface area contributed by atoms with E-state index < -0.39 is 5.82 Å². The van der Waals surface area contributed by atoms with Gasteiger partial charge in [0.1, 0.15) is 19.1 Å². The number of para-hydroxylation sites is 1. The van der Waals surface area contributed by atoms with Gasteiger partial charge in [-0.2, -0.15) is 0 Å². The molecule has 0 fully saturated rings. The van der Waals surface area contributed by atoms with Crippen molar-refractivity contribution in [2.75, 3.05) is 11.7 Å². The van der Waals surface area contributed by atoms with Crippen molar-refractivity contribution in [3.63, 3.8) is 0 Å². The summed E-state index contributed by atoms with van der Waals surface area (Å²) in [7, 11) is 0. The van der Waals surface area contributed by atoms with Crippen molar-refractivity contribution in [1.29, 1.82) is 0 Å². The summed E-state index contributed by atoms with van der Waals surface area (Å²) in [5.74, 6) is -0.0409. The first-order chi connectivity index (χ1) is 13.2. The predicted molar refractivity (Wildman–Crippen MR) is 101 cm³/mol. The SMILES string of the molecule is Fc1cccc2c1=C(N(OCc1ccccn1)c1ccccc1)N(Cl)CN=2. The average molecular weight is 383 g/mol. The Morgan fingerprint density at radius 1 is 1.04 bits per heavy atom. The summed E-state index contributed by atoms with van der Waals surface area (Å²) in [6, 6.07) is 19.7. The molecule has 0 radical (unpaired) electrons. The van der Waals surface area contributed by atoms with E-state index in [1.807, 2.05) is 48.5 Å². The monoisotopic (exact) mass is 382 g/mol. The Hall–Kier alpha value is -2.96. The molecule has 0 atom stereocenters. The van der Waals surface area contributed by atoms with E-state index in [2.05, 4.69) is 9.98 Å². The van der Waals surface area contributed by atoms with E-state index in [1.54, 1.807) is 18.3 Å². The molecule has 5 nitrogen and oxygen atoms in total. The Morgan fingerprint density at radius 2 is 1.85 bits per heavy atom. The number of hydroxylamine groups is 1. The van der Waals surface area contributed by atoms with Gasteiger partial charge in [-0.05, 0) is 36.4 Å². The third-order valence-electron chi connectivity index (χ3n) is 4.06. The lowest BCUT2D eigenvalue weighted by molar-refractivity contribution is 0.113. The predicted octanol–water partition coefficient (Wildman–Crippen LogP) is 2.97. The lowest BCUT2D eigenvalue weighted by Gasteiger charge is -2.31. The lowest BCUT2D eigenvalue weighted by atomic mass is 10.2. The zero-order valence-corrected chi connectivity index (χ0v) is 15.1. The number of rotatable bonds is 5. The summed E-state index contributed by atoms with van der Waals surface area (Å²) >= 11 is 6.41. The van der Waals surface area contributed by atoms with Crippen molar-refractivity contribution >= 4 is 23.3 Å². The Bertz CT molecular complexity index is 1050. The van der Waals surface area contributed by atoms with E-state index in [-0.39, 0.29) is 13.3 Å². The highest BCUT2D eigenvalue weighted by atomic mass is 35.5. The van der Waals surface area contributed by atoms with E-state index in [0.29, 0.717) is 22.1 Å². The van der Waals surface area contributed by atoms with E-state index in [9.17, 15) is 4.39 Å². The normalized spacial score (nSPS) is 13.1. The van der Waals surface area contributed by atoms with Crippen molar-refractivity contribution in [3.8, 4) is 0 Å². The highest BCUT2D eigenvalue weighted by molar-refractivity contribution is 6.17. The van der Waals surface area contributed by atoms with Crippen molar-refractivity contribution in [2.24, 2.45) is 4.99 Å². The number of benzene rings is 2. The minimum Gasteiger partial charge on any atom is -0.262 e. The second kappa shape index (κ2) is 7.73. The third kappa shape index (κ3) is 3.63. The van der Waals surface area contributed by atoms with Crippen LogP contribution in [0, 0.1) is 5.82 Å². The molecule has 0 amide bonds. The smallest absolute Gasteiger partial charge is 0.163 e. The van der Waals surface area contributed by atoms with Gasteiger partial charge < -0.3 is 0 Å². The second-order valence-corrected chi connectivity index (χ2v) is 6.25. The number of nitrogens with zero attached hydrogens (tertiary/aromatic N) is 4. The largest absolute Gasteiger partial charge is 0.262 e. The van der Waals surface area contributed by atoms with Gasteiger partial charge in [0, 0.05) is 18.0 Å². The number of aromatic nitrogens is 1. The molecule has 0 saturated heterocycles. The van der Waals surface area contributed by atoms with Gasteiger partial charge in [-0.15, -0.1) is 0 Å². The molecule has 0 aliphatic carbocycles. The fraction of sp³-hybridized carbons (Fsp3) is 0.100. The molecule has 2 aromatic carbocycles. The minimum atomic E-state index is -0.418. The number of pyridine rings is 1. The maximum absolute atomic E-state index is 14.7. The summed E-state index contributed by atoms with van der Waals surface area (Å²) in [5, 5.41) is 2.35. The molecule has 1 aromatic heterocycles. The van der Waals surface area contributed by atoms with Crippen molar-refractivity contribution in [2.45, 2.75) is 6.61 Å².